The molecule has 30 heavy (non-hydrogen) atoms. The van der Waals surface area contributed by atoms with Crippen molar-refractivity contribution in [2.45, 2.75) is 46.4 Å². The first-order chi connectivity index (χ1) is 14.2. The lowest BCUT2D eigenvalue weighted by Gasteiger charge is -2.17. The van der Waals surface area contributed by atoms with Crippen molar-refractivity contribution >= 4 is 23.2 Å². The Labute approximate surface area is 179 Å². The molecule has 0 fully saturated rings. The highest BCUT2D eigenvalue weighted by atomic mass is 35.5. The van der Waals surface area contributed by atoms with E-state index in [0.717, 1.165) is 10.1 Å². The van der Waals surface area contributed by atoms with Crippen LogP contribution < -0.4 is 21.4 Å². The zero-order valence-corrected chi connectivity index (χ0v) is 18.1. The average molecular weight is 430 g/mol. The Balaban J connectivity index is 2.05. The molecule has 0 saturated heterocycles. The molecule has 2 aromatic heterocycles. The Kier molecular flexibility index (Phi) is 6.56. The van der Waals surface area contributed by atoms with Crippen LogP contribution in [0.15, 0.2) is 52.2 Å². The highest BCUT2D eigenvalue weighted by molar-refractivity contribution is 6.29. The lowest BCUT2D eigenvalue weighted by atomic mass is 10.3. The SMILES string of the molecule is CC(C)Oc1cccc(Nc2nc(=O)n(C(C)C)c(=O)n2Cc2ccc(Cl)nc2)c1. The fourth-order valence-corrected chi connectivity index (χ4v) is 3.03. The first kappa shape index (κ1) is 21.6. The molecule has 0 spiro atoms. The van der Waals surface area contributed by atoms with Crippen LogP contribution in [-0.2, 0) is 6.54 Å². The van der Waals surface area contributed by atoms with Gasteiger partial charge in [0, 0.05) is 24.0 Å². The third-order valence-electron chi connectivity index (χ3n) is 4.21. The minimum Gasteiger partial charge on any atom is -0.491 e. The fourth-order valence-electron chi connectivity index (χ4n) is 2.92. The summed E-state index contributed by atoms with van der Waals surface area (Å²) in [6.45, 7) is 7.57. The van der Waals surface area contributed by atoms with Gasteiger partial charge in [-0.3, -0.25) is 4.57 Å². The van der Waals surface area contributed by atoms with E-state index in [-0.39, 0.29) is 24.6 Å². The summed E-state index contributed by atoms with van der Waals surface area (Å²) in [5.74, 6) is 0.805. The second kappa shape index (κ2) is 9.13. The van der Waals surface area contributed by atoms with Gasteiger partial charge in [0.25, 0.3) is 0 Å². The van der Waals surface area contributed by atoms with Crippen LogP contribution >= 0.6 is 11.6 Å². The van der Waals surface area contributed by atoms with Crippen LogP contribution in [0.1, 0.15) is 39.3 Å². The van der Waals surface area contributed by atoms with Crippen LogP contribution in [0.4, 0.5) is 11.6 Å². The summed E-state index contributed by atoms with van der Waals surface area (Å²) in [5.41, 5.74) is 0.316. The summed E-state index contributed by atoms with van der Waals surface area (Å²) in [7, 11) is 0. The predicted octanol–water partition coefficient (Wildman–Crippen LogP) is 3.61. The van der Waals surface area contributed by atoms with E-state index in [1.165, 1.54) is 4.57 Å². The van der Waals surface area contributed by atoms with Crippen molar-refractivity contribution in [2.24, 2.45) is 0 Å². The van der Waals surface area contributed by atoms with Crippen LogP contribution in [0.2, 0.25) is 5.15 Å². The molecule has 8 nitrogen and oxygen atoms in total. The number of hydrogen-bond donors (Lipinski definition) is 1. The molecule has 0 amide bonds. The number of halogens is 1. The van der Waals surface area contributed by atoms with Gasteiger partial charge in [-0.2, -0.15) is 4.98 Å². The predicted molar refractivity (Wildman–Crippen MR) is 117 cm³/mol. The van der Waals surface area contributed by atoms with E-state index in [1.54, 1.807) is 38.2 Å². The minimum atomic E-state index is -0.613. The molecule has 0 atom stereocenters. The molecular formula is C21H24ClN5O3. The molecule has 2 heterocycles. The van der Waals surface area contributed by atoms with Crippen molar-refractivity contribution in [2.75, 3.05) is 5.32 Å². The van der Waals surface area contributed by atoms with Crippen molar-refractivity contribution in [3.63, 3.8) is 0 Å². The largest absolute Gasteiger partial charge is 0.491 e. The van der Waals surface area contributed by atoms with Gasteiger partial charge in [-0.25, -0.2) is 19.1 Å². The minimum absolute atomic E-state index is 0.0175. The van der Waals surface area contributed by atoms with E-state index in [9.17, 15) is 9.59 Å². The Bertz CT molecular complexity index is 1140. The number of rotatable bonds is 7. The van der Waals surface area contributed by atoms with Gasteiger partial charge in [-0.05, 0) is 51.5 Å². The zero-order chi connectivity index (χ0) is 21.8. The quantitative estimate of drug-likeness (QED) is 0.577. The molecular weight excluding hydrogens is 406 g/mol. The molecule has 0 aliphatic heterocycles. The van der Waals surface area contributed by atoms with Crippen molar-refractivity contribution in [1.82, 2.24) is 19.1 Å². The maximum atomic E-state index is 13.1. The van der Waals surface area contributed by atoms with E-state index in [0.29, 0.717) is 16.6 Å². The number of anilines is 2. The lowest BCUT2D eigenvalue weighted by Crippen LogP contribution is -2.43. The van der Waals surface area contributed by atoms with E-state index >= 15 is 0 Å². The lowest BCUT2D eigenvalue weighted by molar-refractivity contribution is 0.242. The number of pyridine rings is 1. The van der Waals surface area contributed by atoms with Crippen molar-refractivity contribution in [3.8, 4) is 5.75 Å². The summed E-state index contributed by atoms with van der Waals surface area (Å²) in [5, 5.41) is 3.44. The molecule has 0 radical (unpaired) electrons. The van der Waals surface area contributed by atoms with Crippen LogP contribution in [0.5, 0.6) is 5.75 Å². The molecule has 0 aliphatic rings. The summed E-state index contributed by atoms with van der Waals surface area (Å²) in [4.78, 5) is 33.8. The van der Waals surface area contributed by atoms with Gasteiger partial charge in [0.2, 0.25) is 5.95 Å². The molecule has 158 valence electrons. The van der Waals surface area contributed by atoms with Gasteiger partial charge in [0.15, 0.2) is 0 Å². The van der Waals surface area contributed by atoms with Crippen molar-refractivity contribution in [3.05, 3.63) is 74.3 Å². The molecule has 0 aliphatic carbocycles. The van der Waals surface area contributed by atoms with E-state index in [4.69, 9.17) is 16.3 Å². The smallest absolute Gasteiger partial charge is 0.355 e. The highest BCUT2D eigenvalue weighted by Gasteiger charge is 2.16. The maximum absolute atomic E-state index is 13.1. The topological polar surface area (TPSA) is 91.0 Å². The first-order valence-corrected chi connectivity index (χ1v) is 10.00. The number of aromatic nitrogens is 4. The fraction of sp³-hybridized carbons (Fsp3) is 0.333. The van der Waals surface area contributed by atoms with Crippen LogP contribution in [0, 0.1) is 0 Å². The average Bonchev–Trinajstić information content (AvgIpc) is 2.65. The molecule has 1 N–H and O–H groups in total. The van der Waals surface area contributed by atoms with E-state index in [1.807, 2.05) is 32.0 Å². The van der Waals surface area contributed by atoms with Crippen molar-refractivity contribution in [1.29, 1.82) is 0 Å². The second-order valence-corrected chi connectivity index (χ2v) is 7.75. The monoisotopic (exact) mass is 429 g/mol. The molecule has 9 heteroatoms. The summed E-state index contributed by atoms with van der Waals surface area (Å²) >= 11 is 5.86. The van der Waals surface area contributed by atoms with Gasteiger partial charge in [-0.15, -0.1) is 0 Å². The summed E-state index contributed by atoms with van der Waals surface area (Å²) < 4.78 is 8.24. The van der Waals surface area contributed by atoms with Crippen LogP contribution in [0.3, 0.4) is 0 Å². The van der Waals surface area contributed by atoms with Crippen molar-refractivity contribution < 1.29 is 4.74 Å². The normalized spacial score (nSPS) is 11.2. The third kappa shape index (κ3) is 5.07. The maximum Gasteiger partial charge on any atom is 0.355 e. The molecule has 3 aromatic rings. The van der Waals surface area contributed by atoms with Crippen LogP contribution in [-0.4, -0.2) is 25.2 Å². The first-order valence-electron chi connectivity index (χ1n) is 9.62. The van der Waals surface area contributed by atoms with Gasteiger partial charge in [0.1, 0.15) is 10.9 Å². The second-order valence-electron chi connectivity index (χ2n) is 7.36. The van der Waals surface area contributed by atoms with Crippen LogP contribution in [0.25, 0.3) is 0 Å². The molecule has 1 aromatic carbocycles. The Hall–Kier alpha value is -3.13. The van der Waals surface area contributed by atoms with Gasteiger partial charge in [0.05, 0.1) is 12.6 Å². The molecule has 3 rings (SSSR count). The Morgan fingerprint density at radius 1 is 1.13 bits per heavy atom. The molecule has 0 bridgehead atoms. The number of nitrogens with zero attached hydrogens (tertiary/aromatic N) is 4. The number of nitrogens with one attached hydrogen (secondary N) is 1. The molecule has 0 unspecified atom stereocenters. The number of ether oxygens (including phenoxy) is 1. The van der Waals surface area contributed by atoms with E-state index < -0.39 is 11.4 Å². The standard InChI is InChI=1S/C21H24ClN5O3/c1-13(2)27-20(28)25-19(24-16-6-5-7-17(10-16)30-14(3)4)26(21(27)29)12-15-8-9-18(22)23-11-15/h5-11,13-14H,12H2,1-4H3,(H,24,25,28). The van der Waals surface area contributed by atoms with Gasteiger partial charge in [-0.1, -0.05) is 23.7 Å². The molecule has 0 saturated carbocycles. The third-order valence-corrected chi connectivity index (χ3v) is 4.43. The van der Waals surface area contributed by atoms with E-state index in [2.05, 4.69) is 15.3 Å². The highest BCUT2D eigenvalue weighted by Crippen LogP contribution is 2.21. The Morgan fingerprint density at radius 3 is 2.53 bits per heavy atom. The number of benzene rings is 1. The summed E-state index contributed by atoms with van der Waals surface area (Å²) in [6.07, 6.45) is 1.60. The summed E-state index contributed by atoms with van der Waals surface area (Å²) in [6, 6.07) is 10.3. The number of hydrogen-bond acceptors (Lipinski definition) is 6. The van der Waals surface area contributed by atoms with Gasteiger partial charge >= 0.3 is 11.4 Å². The zero-order valence-electron chi connectivity index (χ0n) is 17.3. The van der Waals surface area contributed by atoms with Gasteiger partial charge < -0.3 is 10.1 Å². The Morgan fingerprint density at radius 2 is 1.90 bits per heavy atom.